The van der Waals surface area contributed by atoms with Crippen molar-refractivity contribution in [1.82, 2.24) is 0 Å². The van der Waals surface area contributed by atoms with Crippen molar-refractivity contribution < 1.29 is 9.84 Å². The molecule has 0 aromatic heterocycles. The summed E-state index contributed by atoms with van der Waals surface area (Å²) in [7, 11) is 0. The van der Waals surface area contributed by atoms with Gasteiger partial charge in [-0.25, -0.2) is 0 Å². The molecule has 2 atom stereocenters. The van der Waals surface area contributed by atoms with Crippen molar-refractivity contribution in [3.05, 3.63) is 0 Å². The Morgan fingerprint density at radius 1 is 1.12 bits per heavy atom. The van der Waals surface area contributed by atoms with Crippen LogP contribution in [0.3, 0.4) is 0 Å². The highest BCUT2D eigenvalue weighted by Gasteiger charge is 2.36. The van der Waals surface area contributed by atoms with Crippen LogP contribution in [0, 0.1) is 5.92 Å². The van der Waals surface area contributed by atoms with Gasteiger partial charge in [-0.05, 0) is 32.1 Å². The van der Waals surface area contributed by atoms with Crippen LogP contribution in [0.1, 0.15) is 65.2 Å². The summed E-state index contributed by atoms with van der Waals surface area (Å²) in [6.07, 6.45) is 9.64. The molecule has 0 bridgehead atoms. The van der Waals surface area contributed by atoms with Crippen molar-refractivity contribution in [2.45, 2.75) is 77.4 Å². The smallest absolute Gasteiger partial charge is 0.0861 e. The number of hydrogen-bond donors (Lipinski definition) is 1. The van der Waals surface area contributed by atoms with Crippen LogP contribution >= 0.6 is 0 Å². The Morgan fingerprint density at radius 2 is 1.81 bits per heavy atom. The van der Waals surface area contributed by atoms with Crippen molar-refractivity contribution in [3.63, 3.8) is 0 Å². The van der Waals surface area contributed by atoms with Gasteiger partial charge in [0.25, 0.3) is 0 Å². The second kappa shape index (κ2) is 8.08. The maximum atomic E-state index is 10.1. The fraction of sp³-hybridized carbons (Fsp3) is 1.00. The molecule has 2 unspecified atom stereocenters. The molecule has 0 spiro atoms. The number of ether oxygens (including phenoxy) is 1. The predicted octanol–water partition coefficient (Wildman–Crippen LogP) is 3.52. The van der Waals surface area contributed by atoms with Crippen molar-refractivity contribution >= 4 is 0 Å². The SMILES string of the molecule is CCCCCCCC(O)C(OCC)C1CC1. The van der Waals surface area contributed by atoms with E-state index in [-0.39, 0.29) is 12.2 Å². The van der Waals surface area contributed by atoms with E-state index in [1.807, 2.05) is 6.92 Å². The molecular formula is C14H28O2. The fourth-order valence-electron chi connectivity index (χ4n) is 2.30. The van der Waals surface area contributed by atoms with Gasteiger partial charge in [-0.2, -0.15) is 0 Å². The van der Waals surface area contributed by atoms with Gasteiger partial charge in [-0.1, -0.05) is 39.0 Å². The number of aliphatic hydroxyl groups is 1. The summed E-state index contributed by atoms with van der Waals surface area (Å²) >= 11 is 0. The summed E-state index contributed by atoms with van der Waals surface area (Å²) < 4.78 is 5.66. The Morgan fingerprint density at radius 3 is 2.38 bits per heavy atom. The molecule has 0 amide bonds. The molecule has 1 aliphatic carbocycles. The number of hydrogen-bond acceptors (Lipinski definition) is 2. The van der Waals surface area contributed by atoms with Crippen LogP contribution < -0.4 is 0 Å². The molecule has 0 aromatic carbocycles. The fourth-order valence-corrected chi connectivity index (χ4v) is 2.30. The van der Waals surface area contributed by atoms with E-state index in [9.17, 15) is 5.11 Å². The molecule has 2 nitrogen and oxygen atoms in total. The Bertz CT molecular complexity index is 166. The molecule has 1 aliphatic rings. The Kier molecular flexibility index (Phi) is 7.06. The first-order valence-electron chi connectivity index (χ1n) is 7.09. The van der Waals surface area contributed by atoms with Crippen molar-refractivity contribution in [1.29, 1.82) is 0 Å². The van der Waals surface area contributed by atoms with Crippen LogP contribution in [0.25, 0.3) is 0 Å². The molecule has 0 aliphatic heterocycles. The summed E-state index contributed by atoms with van der Waals surface area (Å²) in [5, 5.41) is 10.1. The molecule has 96 valence electrons. The van der Waals surface area contributed by atoms with Crippen LogP contribution in [0.5, 0.6) is 0 Å². The molecule has 16 heavy (non-hydrogen) atoms. The third-order valence-corrected chi connectivity index (χ3v) is 3.43. The van der Waals surface area contributed by atoms with E-state index < -0.39 is 0 Å². The van der Waals surface area contributed by atoms with Gasteiger partial charge < -0.3 is 9.84 Å². The van der Waals surface area contributed by atoms with Crippen LogP contribution in [-0.2, 0) is 4.74 Å². The third-order valence-electron chi connectivity index (χ3n) is 3.43. The lowest BCUT2D eigenvalue weighted by Crippen LogP contribution is -2.31. The first-order chi connectivity index (χ1) is 7.79. The van der Waals surface area contributed by atoms with Crippen molar-refractivity contribution in [2.75, 3.05) is 6.61 Å². The summed E-state index contributed by atoms with van der Waals surface area (Å²) in [4.78, 5) is 0. The molecule has 1 saturated carbocycles. The van der Waals surface area contributed by atoms with Crippen molar-refractivity contribution in [3.8, 4) is 0 Å². The minimum absolute atomic E-state index is 0.121. The van der Waals surface area contributed by atoms with E-state index in [4.69, 9.17) is 4.74 Å². The summed E-state index contributed by atoms with van der Waals surface area (Å²) in [6, 6.07) is 0. The highest BCUT2D eigenvalue weighted by molar-refractivity contribution is 4.86. The van der Waals surface area contributed by atoms with Gasteiger partial charge >= 0.3 is 0 Å². The summed E-state index contributed by atoms with van der Waals surface area (Å²) in [6.45, 7) is 4.98. The van der Waals surface area contributed by atoms with Crippen molar-refractivity contribution in [2.24, 2.45) is 5.92 Å². The molecular weight excluding hydrogens is 200 g/mol. The highest BCUT2D eigenvalue weighted by Crippen LogP contribution is 2.36. The van der Waals surface area contributed by atoms with E-state index >= 15 is 0 Å². The predicted molar refractivity (Wildman–Crippen MR) is 67.5 cm³/mol. The average Bonchev–Trinajstić information content (AvgIpc) is 3.09. The zero-order valence-electron chi connectivity index (χ0n) is 11.0. The second-order valence-electron chi connectivity index (χ2n) is 5.03. The lowest BCUT2D eigenvalue weighted by Gasteiger charge is -2.22. The van der Waals surface area contributed by atoms with Gasteiger partial charge in [-0.3, -0.25) is 0 Å². The van der Waals surface area contributed by atoms with Gasteiger partial charge in [0.05, 0.1) is 12.2 Å². The molecule has 0 aromatic rings. The Labute approximate surface area is 100 Å². The standard InChI is InChI=1S/C14H28O2/c1-3-5-6-7-8-9-13(15)14(16-4-2)12-10-11-12/h12-15H,3-11H2,1-2H3. The molecule has 1 N–H and O–H groups in total. The summed E-state index contributed by atoms with van der Waals surface area (Å²) in [5.41, 5.74) is 0. The number of aliphatic hydroxyl groups excluding tert-OH is 1. The maximum Gasteiger partial charge on any atom is 0.0861 e. The Balaban J connectivity index is 2.08. The molecule has 0 heterocycles. The first kappa shape index (κ1) is 14.0. The monoisotopic (exact) mass is 228 g/mol. The van der Waals surface area contributed by atoms with Gasteiger partial charge in [0.2, 0.25) is 0 Å². The van der Waals surface area contributed by atoms with Crippen LogP contribution in [0.2, 0.25) is 0 Å². The lowest BCUT2D eigenvalue weighted by atomic mass is 10.0. The molecule has 1 rings (SSSR count). The van der Waals surface area contributed by atoms with E-state index in [2.05, 4.69) is 6.92 Å². The van der Waals surface area contributed by atoms with E-state index in [1.165, 1.54) is 38.5 Å². The zero-order valence-corrected chi connectivity index (χ0v) is 11.0. The molecule has 1 fully saturated rings. The minimum Gasteiger partial charge on any atom is -0.390 e. The number of unbranched alkanes of at least 4 members (excludes halogenated alkanes) is 4. The quantitative estimate of drug-likeness (QED) is 0.580. The largest absolute Gasteiger partial charge is 0.390 e. The van der Waals surface area contributed by atoms with Gasteiger partial charge in [0.15, 0.2) is 0 Å². The third kappa shape index (κ3) is 5.31. The number of rotatable bonds is 10. The summed E-state index contributed by atoms with van der Waals surface area (Å²) in [5.74, 6) is 0.644. The van der Waals surface area contributed by atoms with Gasteiger partial charge in [0, 0.05) is 6.61 Å². The molecule has 0 saturated heterocycles. The maximum absolute atomic E-state index is 10.1. The van der Waals surface area contributed by atoms with Crippen LogP contribution in [0.4, 0.5) is 0 Å². The second-order valence-corrected chi connectivity index (χ2v) is 5.03. The normalized spacial score (nSPS) is 19.7. The first-order valence-corrected chi connectivity index (χ1v) is 7.09. The van der Waals surface area contributed by atoms with Gasteiger partial charge in [-0.15, -0.1) is 0 Å². The highest BCUT2D eigenvalue weighted by atomic mass is 16.5. The molecule has 2 heteroatoms. The van der Waals surface area contributed by atoms with E-state index in [0.717, 1.165) is 19.4 Å². The topological polar surface area (TPSA) is 29.5 Å². The van der Waals surface area contributed by atoms with E-state index in [0.29, 0.717) is 5.92 Å². The van der Waals surface area contributed by atoms with Gasteiger partial charge in [0.1, 0.15) is 0 Å². The van der Waals surface area contributed by atoms with E-state index in [1.54, 1.807) is 0 Å². The van der Waals surface area contributed by atoms with Crippen LogP contribution in [0.15, 0.2) is 0 Å². The minimum atomic E-state index is -0.228. The molecule has 0 radical (unpaired) electrons. The average molecular weight is 228 g/mol. The zero-order chi connectivity index (χ0) is 11.8. The Hall–Kier alpha value is -0.0800. The van der Waals surface area contributed by atoms with Crippen LogP contribution in [-0.4, -0.2) is 23.9 Å². The lowest BCUT2D eigenvalue weighted by molar-refractivity contribution is -0.0483.